The van der Waals surface area contributed by atoms with E-state index in [0.29, 0.717) is 6.79 Å². The quantitative estimate of drug-likeness (QED) is 0.843. The van der Waals surface area contributed by atoms with Crippen LogP contribution in [0.3, 0.4) is 0 Å². The van der Waals surface area contributed by atoms with Crippen LogP contribution < -0.4 is 15.2 Å². The lowest BCUT2D eigenvalue weighted by atomic mass is 10.1. The molecule has 0 atom stereocenters. The van der Waals surface area contributed by atoms with Gasteiger partial charge in [0.1, 0.15) is 0 Å². The number of rotatable bonds is 3. The summed E-state index contributed by atoms with van der Waals surface area (Å²) in [5.74, 6) is 1.67. The van der Waals surface area contributed by atoms with Crippen molar-refractivity contribution in [1.29, 1.82) is 0 Å². The number of hydrogen-bond acceptors (Lipinski definition) is 5. The maximum absolute atomic E-state index is 11.5. The lowest BCUT2D eigenvalue weighted by Gasteiger charge is -2.34. The summed E-state index contributed by atoms with van der Waals surface area (Å²) >= 11 is 0. The van der Waals surface area contributed by atoms with Crippen LogP contribution in [0.1, 0.15) is 5.56 Å². The molecule has 0 radical (unpaired) electrons. The second-order valence-electron chi connectivity index (χ2n) is 5.05. The third-order valence-corrected chi connectivity index (χ3v) is 3.74. The van der Waals surface area contributed by atoms with Gasteiger partial charge in [0, 0.05) is 32.7 Å². The molecule has 0 saturated carbocycles. The number of ether oxygens (including phenoxy) is 2. The van der Waals surface area contributed by atoms with Gasteiger partial charge in [0.25, 0.3) is 0 Å². The first kappa shape index (κ1) is 13.2. The van der Waals surface area contributed by atoms with Gasteiger partial charge in [-0.25, -0.2) is 0 Å². The summed E-state index contributed by atoms with van der Waals surface area (Å²) < 4.78 is 10.7. The van der Waals surface area contributed by atoms with E-state index in [1.807, 2.05) is 17.0 Å². The Balaban J connectivity index is 1.56. The number of amides is 1. The number of hydrogen-bond donors (Lipinski definition) is 1. The van der Waals surface area contributed by atoms with Gasteiger partial charge in [-0.15, -0.1) is 0 Å². The highest BCUT2D eigenvalue weighted by Gasteiger charge is 2.21. The van der Waals surface area contributed by atoms with Crippen LogP contribution in [-0.4, -0.2) is 55.2 Å². The molecule has 0 bridgehead atoms. The predicted molar refractivity (Wildman–Crippen MR) is 73.5 cm³/mol. The van der Waals surface area contributed by atoms with Gasteiger partial charge in [-0.05, 0) is 17.7 Å². The van der Waals surface area contributed by atoms with Gasteiger partial charge in [-0.3, -0.25) is 9.69 Å². The SMILES string of the molecule is NCC(=O)N1CCN(Cc2ccc3c(c2)OCO3)CC1. The Labute approximate surface area is 118 Å². The fourth-order valence-electron chi connectivity index (χ4n) is 2.58. The Morgan fingerprint density at radius 3 is 2.65 bits per heavy atom. The van der Waals surface area contributed by atoms with Crippen molar-refractivity contribution in [2.45, 2.75) is 6.54 Å². The second kappa shape index (κ2) is 5.68. The van der Waals surface area contributed by atoms with Crippen LogP contribution in [0.4, 0.5) is 0 Å². The maximum atomic E-state index is 11.5. The number of benzene rings is 1. The van der Waals surface area contributed by atoms with Gasteiger partial charge in [-0.2, -0.15) is 0 Å². The summed E-state index contributed by atoms with van der Waals surface area (Å²) in [6.45, 7) is 4.52. The summed E-state index contributed by atoms with van der Waals surface area (Å²) in [4.78, 5) is 15.7. The highest BCUT2D eigenvalue weighted by molar-refractivity contribution is 5.78. The minimum Gasteiger partial charge on any atom is -0.454 e. The lowest BCUT2D eigenvalue weighted by Crippen LogP contribution is -2.49. The zero-order chi connectivity index (χ0) is 13.9. The van der Waals surface area contributed by atoms with Crippen molar-refractivity contribution >= 4 is 5.91 Å². The molecule has 6 nitrogen and oxygen atoms in total. The fraction of sp³-hybridized carbons (Fsp3) is 0.500. The van der Waals surface area contributed by atoms with Crippen molar-refractivity contribution in [3.63, 3.8) is 0 Å². The van der Waals surface area contributed by atoms with E-state index in [9.17, 15) is 4.79 Å². The van der Waals surface area contributed by atoms with Gasteiger partial charge >= 0.3 is 0 Å². The van der Waals surface area contributed by atoms with E-state index in [1.54, 1.807) is 0 Å². The van der Waals surface area contributed by atoms with E-state index in [2.05, 4.69) is 11.0 Å². The summed E-state index contributed by atoms with van der Waals surface area (Å²) in [5.41, 5.74) is 6.58. The van der Waals surface area contributed by atoms with Crippen LogP contribution in [0.25, 0.3) is 0 Å². The van der Waals surface area contributed by atoms with Crippen molar-refractivity contribution < 1.29 is 14.3 Å². The molecule has 1 aromatic rings. The molecule has 20 heavy (non-hydrogen) atoms. The number of nitrogens with zero attached hydrogens (tertiary/aromatic N) is 2. The molecule has 6 heteroatoms. The van der Waals surface area contributed by atoms with E-state index < -0.39 is 0 Å². The molecular weight excluding hydrogens is 258 g/mol. The normalized spacial score (nSPS) is 18.4. The Kier molecular flexibility index (Phi) is 3.75. The first-order valence-electron chi connectivity index (χ1n) is 6.85. The van der Waals surface area contributed by atoms with Crippen LogP contribution >= 0.6 is 0 Å². The Hall–Kier alpha value is -1.79. The molecule has 3 rings (SSSR count). The largest absolute Gasteiger partial charge is 0.454 e. The molecule has 0 spiro atoms. The molecule has 0 aliphatic carbocycles. The monoisotopic (exact) mass is 277 g/mol. The lowest BCUT2D eigenvalue weighted by molar-refractivity contribution is -0.131. The van der Waals surface area contributed by atoms with Crippen molar-refractivity contribution in [2.24, 2.45) is 5.73 Å². The van der Waals surface area contributed by atoms with E-state index in [-0.39, 0.29) is 12.5 Å². The summed E-state index contributed by atoms with van der Waals surface area (Å²) in [6.07, 6.45) is 0. The van der Waals surface area contributed by atoms with Gasteiger partial charge < -0.3 is 20.1 Å². The minimum absolute atomic E-state index is 0.0349. The Bertz CT molecular complexity index is 498. The summed E-state index contributed by atoms with van der Waals surface area (Å²) in [6, 6.07) is 6.04. The molecule has 2 aliphatic rings. The smallest absolute Gasteiger partial charge is 0.236 e. The van der Waals surface area contributed by atoms with Crippen molar-refractivity contribution in [1.82, 2.24) is 9.80 Å². The molecule has 1 amide bonds. The molecule has 2 aliphatic heterocycles. The minimum atomic E-state index is 0.0349. The highest BCUT2D eigenvalue weighted by atomic mass is 16.7. The number of piperazine rings is 1. The molecule has 1 fully saturated rings. The maximum Gasteiger partial charge on any atom is 0.236 e. The third-order valence-electron chi connectivity index (χ3n) is 3.74. The topological polar surface area (TPSA) is 68.0 Å². The first-order valence-corrected chi connectivity index (χ1v) is 6.85. The van der Waals surface area contributed by atoms with Gasteiger partial charge in [0.15, 0.2) is 11.5 Å². The third kappa shape index (κ3) is 2.71. The predicted octanol–water partition coefficient (Wildman–Crippen LogP) is 0.0182. The average molecular weight is 277 g/mol. The van der Waals surface area contributed by atoms with E-state index >= 15 is 0 Å². The van der Waals surface area contributed by atoms with Crippen molar-refractivity contribution in [2.75, 3.05) is 39.5 Å². The first-order chi connectivity index (χ1) is 9.76. The van der Waals surface area contributed by atoms with Gasteiger partial charge in [0.05, 0.1) is 6.54 Å². The van der Waals surface area contributed by atoms with Crippen LogP contribution in [0.5, 0.6) is 11.5 Å². The molecule has 2 N–H and O–H groups in total. The van der Waals surface area contributed by atoms with Crippen LogP contribution in [0, 0.1) is 0 Å². The molecule has 1 aromatic carbocycles. The van der Waals surface area contributed by atoms with E-state index in [4.69, 9.17) is 15.2 Å². The molecule has 108 valence electrons. The molecule has 1 saturated heterocycles. The summed E-state index contributed by atoms with van der Waals surface area (Å²) in [5, 5.41) is 0. The summed E-state index contributed by atoms with van der Waals surface area (Å²) in [7, 11) is 0. The highest BCUT2D eigenvalue weighted by Crippen LogP contribution is 2.32. The Morgan fingerprint density at radius 2 is 1.90 bits per heavy atom. The fourth-order valence-corrected chi connectivity index (χ4v) is 2.58. The number of carbonyl (C=O) groups excluding carboxylic acids is 1. The number of fused-ring (bicyclic) bond motifs is 1. The number of nitrogens with two attached hydrogens (primary N) is 1. The number of carbonyl (C=O) groups is 1. The van der Waals surface area contributed by atoms with Crippen LogP contribution in [0.2, 0.25) is 0 Å². The van der Waals surface area contributed by atoms with Gasteiger partial charge in [-0.1, -0.05) is 6.07 Å². The Morgan fingerprint density at radius 1 is 1.15 bits per heavy atom. The zero-order valence-electron chi connectivity index (χ0n) is 11.4. The average Bonchev–Trinajstić information content (AvgIpc) is 2.95. The zero-order valence-corrected chi connectivity index (χ0v) is 11.4. The molecule has 2 heterocycles. The molecule has 0 unspecified atom stereocenters. The van der Waals surface area contributed by atoms with Crippen molar-refractivity contribution in [3.05, 3.63) is 23.8 Å². The second-order valence-corrected chi connectivity index (χ2v) is 5.05. The van der Waals surface area contributed by atoms with E-state index in [0.717, 1.165) is 44.2 Å². The van der Waals surface area contributed by atoms with Crippen LogP contribution in [0.15, 0.2) is 18.2 Å². The van der Waals surface area contributed by atoms with E-state index in [1.165, 1.54) is 5.56 Å². The molecule has 0 aromatic heterocycles. The standard InChI is InChI=1S/C14H19N3O3/c15-8-14(18)17-5-3-16(4-6-17)9-11-1-2-12-13(7-11)20-10-19-12/h1-2,7H,3-6,8-10,15H2. The van der Waals surface area contributed by atoms with Crippen LogP contribution in [-0.2, 0) is 11.3 Å². The molecular formula is C14H19N3O3. The van der Waals surface area contributed by atoms with Crippen molar-refractivity contribution in [3.8, 4) is 11.5 Å². The van der Waals surface area contributed by atoms with Gasteiger partial charge in [0.2, 0.25) is 12.7 Å².